The van der Waals surface area contributed by atoms with Gasteiger partial charge in [0.25, 0.3) is 5.91 Å². The molecule has 1 saturated heterocycles. The summed E-state index contributed by atoms with van der Waals surface area (Å²) in [7, 11) is 0. The van der Waals surface area contributed by atoms with Crippen LogP contribution in [-0.2, 0) is 0 Å². The quantitative estimate of drug-likeness (QED) is 0.923. The lowest BCUT2D eigenvalue weighted by atomic mass is 9.98. The summed E-state index contributed by atoms with van der Waals surface area (Å²) in [5.41, 5.74) is 6.51. The monoisotopic (exact) mass is 289 g/mol. The van der Waals surface area contributed by atoms with E-state index in [1.807, 2.05) is 4.90 Å². The molecule has 2 aliphatic rings. The topological polar surface area (TPSA) is 68.5 Å². The van der Waals surface area contributed by atoms with Crippen molar-refractivity contribution in [1.82, 2.24) is 9.88 Å². The summed E-state index contributed by atoms with van der Waals surface area (Å²) in [4.78, 5) is 18.5. The first-order valence-electron chi connectivity index (χ1n) is 7.90. The van der Waals surface area contributed by atoms with Crippen LogP contribution in [0.5, 0.6) is 5.88 Å². The summed E-state index contributed by atoms with van der Waals surface area (Å²) in [5, 5.41) is 0. The van der Waals surface area contributed by atoms with Gasteiger partial charge in [-0.25, -0.2) is 4.98 Å². The average molecular weight is 289 g/mol. The summed E-state index contributed by atoms with van der Waals surface area (Å²) in [5.74, 6) is 0.593. The normalized spacial score (nSPS) is 23.3. The van der Waals surface area contributed by atoms with Crippen molar-refractivity contribution in [3.63, 3.8) is 0 Å². The number of pyridine rings is 1. The first-order valence-corrected chi connectivity index (χ1v) is 7.90. The Morgan fingerprint density at radius 1 is 1.29 bits per heavy atom. The van der Waals surface area contributed by atoms with E-state index >= 15 is 0 Å². The number of hydrogen-bond donors (Lipinski definition) is 1. The van der Waals surface area contributed by atoms with E-state index < -0.39 is 0 Å². The second kappa shape index (κ2) is 6.43. The Morgan fingerprint density at radius 2 is 2.10 bits per heavy atom. The molecule has 0 spiro atoms. The van der Waals surface area contributed by atoms with Crippen LogP contribution in [0.15, 0.2) is 18.3 Å². The molecule has 2 N–H and O–H groups in total. The van der Waals surface area contributed by atoms with Crippen molar-refractivity contribution in [2.24, 2.45) is 5.73 Å². The summed E-state index contributed by atoms with van der Waals surface area (Å²) < 4.78 is 5.92. The predicted octanol–water partition coefficient (Wildman–Crippen LogP) is 1.97. The Balaban J connectivity index is 1.66. The van der Waals surface area contributed by atoms with Gasteiger partial charge in [0, 0.05) is 37.0 Å². The van der Waals surface area contributed by atoms with Gasteiger partial charge in [0.1, 0.15) is 6.10 Å². The van der Waals surface area contributed by atoms with Crippen LogP contribution in [-0.4, -0.2) is 41.0 Å². The Bertz CT molecular complexity index is 500. The molecule has 1 aliphatic heterocycles. The van der Waals surface area contributed by atoms with Crippen molar-refractivity contribution in [2.75, 3.05) is 13.1 Å². The van der Waals surface area contributed by atoms with Crippen molar-refractivity contribution < 1.29 is 9.53 Å². The van der Waals surface area contributed by atoms with Crippen LogP contribution >= 0.6 is 0 Å². The van der Waals surface area contributed by atoms with E-state index in [0.717, 1.165) is 25.8 Å². The largest absolute Gasteiger partial charge is 0.474 e. The van der Waals surface area contributed by atoms with Gasteiger partial charge in [0.15, 0.2) is 0 Å². The highest BCUT2D eigenvalue weighted by molar-refractivity contribution is 5.94. The molecule has 5 nitrogen and oxygen atoms in total. The van der Waals surface area contributed by atoms with Gasteiger partial charge < -0.3 is 15.4 Å². The molecule has 1 atom stereocenters. The molecule has 2 heterocycles. The Hall–Kier alpha value is -1.62. The number of aromatic nitrogens is 1. The predicted molar refractivity (Wildman–Crippen MR) is 80.2 cm³/mol. The Kier molecular flexibility index (Phi) is 4.39. The molecule has 0 aromatic carbocycles. The van der Waals surface area contributed by atoms with Crippen LogP contribution in [0.3, 0.4) is 0 Å². The molecule has 0 radical (unpaired) electrons. The van der Waals surface area contributed by atoms with E-state index in [9.17, 15) is 4.79 Å². The third kappa shape index (κ3) is 3.53. The van der Waals surface area contributed by atoms with Crippen LogP contribution in [0.2, 0.25) is 0 Å². The van der Waals surface area contributed by atoms with Gasteiger partial charge in [-0.15, -0.1) is 0 Å². The van der Waals surface area contributed by atoms with Gasteiger partial charge in [-0.1, -0.05) is 6.42 Å². The number of nitrogens with zero attached hydrogens (tertiary/aromatic N) is 2. The van der Waals surface area contributed by atoms with Crippen molar-refractivity contribution >= 4 is 5.91 Å². The lowest BCUT2D eigenvalue weighted by molar-refractivity contribution is 0.0789. The smallest absolute Gasteiger partial charge is 0.254 e. The number of carbonyl (C=O) groups is 1. The third-order valence-corrected chi connectivity index (χ3v) is 4.33. The highest BCUT2D eigenvalue weighted by atomic mass is 16.5. The lowest BCUT2D eigenvalue weighted by Gasteiger charge is -2.22. The fourth-order valence-electron chi connectivity index (χ4n) is 3.11. The van der Waals surface area contributed by atoms with E-state index in [1.165, 1.54) is 19.3 Å². The molecule has 0 bridgehead atoms. The first kappa shape index (κ1) is 14.3. The molecule has 5 heteroatoms. The molecular weight excluding hydrogens is 266 g/mol. The van der Waals surface area contributed by atoms with Crippen molar-refractivity contribution in [3.8, 4) is 5.88 Å². The molecule has 1 aromatic rings. The molecule has 1 amide bonds. The SMILES string of the molecule is N[C@@H]1CCN(C(=O)c2ccnc(OC3CCCCC3)c2)C1. The fraction of sp³-hybridized carbons (Fsp3) is 0.625. The lowest BCUT2D eigenvalue weighted by Crippen LogP contribution is -2.32. The third-order valence-electron chi connectivity index (χ3n) is 4.33. The van der Waals surface area contributed by atoms with Gasteiger partial charge in [-0.3, -0.25) is 4.79 Å². The molecule has 1 aliphatic carbocycles. The van der Waals surface area contributed by atoms with Crippen LogP contribution in [0.25, 0.3) is 0 Å². The first-order chi connectivity index (χ1) is 10.2. The second-order valence-electron chi connectivity index (χ2n) is 6.06. The van der Waals surface area contributed by atoms with Gasteiger partial charge in [-0.05, 0) is 38.2 Å². The van der Waals surface area contributed by atoms with Crippen molar-refractivity contribution in [2.45, 2.75) is 50.7 Å². The van der Waals surface area contributed by atoms with Gasteiger partial charge in [0.05, 0.1) is 0 Å². The summed E-state index contributed by atoms with van der Waals surface area (Å²) in [6.45, 7) is 1.38. The highest BCUT2D eigenvalue weighted by Gasteiger charge is 2.25. The molecule has 0 unspecified atom stereocenters. The minimum atomic E-state index is 0.0267. The molecule has 2 fully saturated rings. The van der Waals surface area contributed by atoms with Crippen LogP contribution in [0, 0.1) is 0 Å². The van der Waals surface area contributed by atoms with Crippen molar-refractivity contribution in [3.05, 3.63) is 23.9 Å². The zero-order valence-corrected chi connectivity index (χ0v) is 12.3. The number of hydrogen-bond acceptors (Lipinski definition) is 4. The summed E-state index contributed by atoms with van der Waals surface area (Å²) >= 11 is 0. The number of rotatable bonds is 3. The number of nitrogens with two attached hydrogens (primary N) is 1. The maximum atomic E-state index is 12.4. The number of amides is 1. The average Bonchev–Trinajstić information content (AvgIpc) is 2.94. The second-order valence-corrected chi connectivity index (χ2v) is 6.06. The maximum absolute atomic E-state index is 12.4. The van der Waals surface area contributed by atoms with Crippen LogP contribution in [0.4, 0.5) is 0 Å². The van der Waals surface area contributed by atoms with E-state index in [0.29, 0.717) is 18.0 Å². The minimum absolute atomic E-state index is 0.0267. The molecular formula is C16H23N3O2. The van der Waals surface area contributed by atoms with Crippen LogP contribution in [0.1, 0.15) is 48.9 Å². The van der Waals surface area contributed by atoms with E-state index in [1.54, 1.807) is 18.3 Å². The number of carbonyl (C=O) groups excluding carboxylic acids is 1. The molecule has 114 valence electrons. The maximum Gasteiger partial charge on any atom is 0.254 e. The van der Waals surface area contributed by atoms with Gasteiger partial charge >= 0.3 is 0 Å². The van der Waals surface area contributed by atoms with E-state index in [4.69, 9.17) is 10.5 Å². The Morgan fingerprint density at radius 3 is 2.81 bits per heavy atom. The van der Waals surface area contributed by atoms with Crippen LogP contribution < -0.4 is 10.5 Å². The van der Waals surface area contributed by atoms with E-state index in [-0.39, 0.29) is 18.1 Å². The standard InChI is InChI=1S/C16H23N3O2/c17-13-7-9-19(11-13)16(20)12-6-8-18-15(10-12)21-14-4-2-1-3-5-14/h6,8,10,13-14H,1-5,7,9,11,17H2/t13-/m1/s1. The van der Waals surface area contributed by atoms with Gasteiger partial charge in [-0.2, -0.15) is 0 Å². The summed E-state index contributed by atoms with van der Waals surface area (Å²) in [6.07, 6.45) is 8.67. The molecule has 1 aromatic heterocycles. The molecule has 21 heavy (non-hydrogen) atoms. The van der Waals surface area contributed by atoms with Gasteiger partial charge in [0.2, 0.25) is 5.88 Å². The number of ether oxygens (including phenoxy) is 1. The summed E-state index contributed by atoms with van der Waals surface area (Å²) in [6, 6.07) is 3.62. The highest BCUT2D eigenvalue weighted by Crippen LogP contribution is 2.23. The molecule has 1 saturated carbocycles. The zero-order chi connectivity index (χ0) is 14.7. The van der Waals surface area contributed by atoms with E-state index in [2.05, 4.69) is 4.98 Å². The fourth-order valence-corrected chi connectivity index (χ4v) is 3.11. The van der Waals surface area contributed by atoms with Crippen molar-refractivity contribution in [1.29, 1.82) is 0 Å². The zero-order valence-electron chi connectivity index (χ0n) is 12.3. The number of likely N-dealkylation sites (tertiary alicyclic amines) is 1. The minimum Gasteiger partial charge on any atom is -0.474 e. The Labute approximate surface area is 125 Å². The molecule has 3 rings (SSSR count).